The molecule has 0 aromatic carbocycles. The molecule has 0 spiro atoms. The third-order valence-corrected chi connectivity index (χ3v) is 2.65. The number of aromatic nitrogens is 1. The predicted molar refractivity (Wildman–Crippen MR) is 60.5 cm³/mol. The smallest absolute Gasteiger partial charge is 0.0813 e. The highest BCUT2D eigenvalue weighted by Crippen LogP contribution is 2.18. The summed E-state index contributed by atoms with van der Waals surface area (Å²) in [7, 11) is 0. The minimum absolute atomic E-state index is 0.492. The van der Waals surface area contributed by atoms with Crippen LogP contribution in [0, 0.1) is 0 Å². The summed E-state index contributed by atoms with van der Waals surface area (Å²) >= 11 is 7.34. The number of hydrogen-bond acceptors (Lipinski definition) is 2. The van der Waals surface area contributed by atoms with Crippen LogP contribution in [0.15, 0.2) is 23.6 Å². The van der Waals surface area contributed by atoms with E-state index < -0.39 is 0 Å². The van der Waals surface area contributed by atoms with Gasteiger partial charge in [0.05, 0.1) is 21.8 Å². The van der Waals surface area contributed by atoms with Crippen LogP contribution in [-0.2, 0) is 5.88 Å². The summed E-state index contributed by atoms with van der Waals surface area (Å²) in [4.78, 5) is 4.33. The van der Waals surface area contributed by atoms with Gasteiger partial charge in [-0.15, -0.1) is 22.9 Å². The van der Waals surface area contributed by atoms with E-state index in [4.69, 9.17) is 11.6 Å². The fraction of sp³-hybridized carbons (Fsp3) is 0.300. The third kappa shape index (κ3) is 2.42. The minimum Gasteiger partial charge on any atom is -0.251 e. The van der Waals surface area contributed by atoms with Gasteiger partial charge >= 0.3 is 0 Å². The number of halogens is 1. The molecule has 0 fully saturated rings. The van der Waals surface area contributed by atoms with Crippen LogP contribution in [0.4, 0.5) is 0 Å². The summed E-state index contributed by atoms with van der Waals surface area (Å²) in [6.07, 6.45) is 0. The Kier molecular flexibility index (Phi) is 4.19. The summed E-state index contributed by atoms with van der Waals surface area (Å²) < 4.78 is 1.22. The van der Waals surface area contributed by atoms with Crippen LogP contribution >= 0.6 is 22.9 Å². The number of pyridine rings is 1. The number of nitrogens with zero attached hydrogens (tertiary/aromatic N) is 1. The zero-order valence-electron chi connectivity index (χ0n) is 7.75. The first-order valence-corrected chi connectivity index (χ1v) is 5.70. The lowest BCUT2D eigenvalue weighted by Crippen LogP contribution is -1.82. The molecule has 0 atom stereocenters. The third-order valence-electron chi connectivity index (χ3n) is 1.50. The average Bonchev–Trinajstić information content (AvgIpc) is 2.67. The Balaban J connectivity index is 0.000000396. The van der Waals surface area contributed by atoms with E-state index in [1.54, 1.807) is 11.3 Å². The molecule has 2 aromatic heterocycles. The summed E-state index contributed by atoms with van der Waals surface area (Å²) in [6, 6.07) is 6.03. The van der Waals surface area contributed by atoms with Gasteiger partial charge in [-0.3, -0.25) is 4.98 Å². The lowest BCUT2D eigenvalue weighted by atomic mass is 10.3. The van der Waals surface area contributed by atoms with Gasteiger partial charge in [-0.2, -0.15) is 0 Å². The lowest BCUT2D eigenvalue weighted by molar-refractivity contribution is 1.22. The van der Waals surface area contributed by atoms with Gasteiger partial charge < -0.3 is 0 Å². The molecule has 0 saturated carbocycles. The summed E-state index contributed by atoms with van der Waals surface area (Å²) in [6.45, 7) is 4.00. The van der Waals surface area contributed by atoms with Gasteiger partial charge in [0.2, 0.25) is 0 Å². The van der Waals surface area contributed by atoms with Crippen molar-refractivity contribution in [1.29, 1.82) is 0 Å². The van der Waals surface area contributed by atoms with E-state index >= 15 is 0 Å². The highest BCUT2D eigenvalue weighted by atomic mass is 35.5. The highest BCUT2D eigenvalue weighted by molar-refractivity contribution is 7.17. The summed E-state index contributed by atoms with van der Waals surface area (Å²) in [5.74, 6) is 0.492. The van der Waals surface area contributed by atoms with Gasteiger partial charge in [0.15, 0.2) is 0 Å². The van der Waals surface area contributed by atoms with E-state index in [2.05, 4.69) is 11.1 Å². The van der Waals surface area contributed by atoms with E-state index in [0.29, 0.717) is 5.88 Å². The van der Waals surface area contributed by atoms with Crippen molar-refractivity contribution >= 4 is 33.2 Å². The molecule has 0 aliphatic rings. The molecule has 0 radical (unpaired) electrons. The molecule has 0 amide bonds. The highest BCUT2D eigenvalue weighted by Gasteiger charge is 1.96. The van der Waals surface area contributed by atoms with Crippen LogP contribution in [0.3, 0.4) is 0 Å². The zero-order valence-corrected chi connectivity index (χ0v) is 9.32. The standard InChI is InChI=1S/C8H6ClNS.C2H6/c9-5-6-1-2-8-7(10-6)3-4-11-8;1-2/h1-4H,5H2;1-2H3. The van der Waals surface area contributed by atoms with Gasteiger partial charge in [-0.25, -0.2) is 0 Å². The van der Waals surface area contributed by atoms with Gasteiger partial charge in [-0.05, 0) is 23.6 Å². The second-order valence-electron chi connectivity index (χ2n) is 2.24. The van der Waals surface area contributed by atoms with Crippen molar-refractivity contribution in [3.8, 4) is 0 Å². The largest absolute Gasteiger partial charge is 0.251 e. The first-order chi connectivity index (χ1) is 6.40. The van der Waals surface area contributed by atoms with Crippen LogP contribution < -0.4 is 0 Å². The molecule has 70 valence electrons. The van der Waals surface area contributed by atoms with Gasteiger partial charge in [0, 0.05) is 0 Å². The van der Waals surface area contributed by atoms with Crippen molar-refractivity contribution in [2.24, 2.45) is 0 Å². The number of rotatable bonds is 1. The molecule has 13 heavy (non-hydrogen) atoms. The Labute approximate surface area is 87.4 Å². The Morgan fingerprint density at radius 3 is 2.77 bits per heavy atom. The van der Waals surface area contributed by atoms with E-state index in [0.717, 1.165) is 11.2 Å². The molecule has 2 rings (SSSR count). The monoisotopic (exact) mass is 213 g/mol. The number of hydrogen-bond donors (Lipinski definition) is 0. The molecule has 0 bridgehead atoms. The van der Waals surface area contributed by atoms with Crippen LogP contribution in [0.2, 0.25) is 0 Å². The van der Waals surface area contributed by atoms with Crippen LogP contribution in [0.25, 0.3) is 10.2 Å². The van der Waals surface area contributed by atoms with Crippen molar-refractivity contribution in [3.63, 3.8) is 0 Å². The van der Waals surface area contributed by atoms with Crippen molar-refractivity contribution < 1.29 is 0 Å². The molecule has 0 aliphatic heterocycles. The Morgan fingerprint density at radius 2 is 2.08 bits per heavy atom. The van der Waals surface area contributed by atoms with Crippen molar-refractivity contribution in [2.75, 3.05) is 0 Å². The Hall–Kier alpha value is -0.600. The summed E-state index contributed by atoms with van der Waals surface area (Å²) in [5, 5.41) is 2.04. The number of thiophene rings is 1. The molecule has 2 heterocycles. The van der Waals surface area contributed by atoms with E-state index in [-0.39, 0.29) is 0 Å². The first-order valence-electron chi connectivity index (χ1n) is 4.29. The normalized spacial score (nSPS) is 9.46. The number of alkyl halides is 1. The predicted octanol–water partition coefficient (Wildman–Crippen LogP) is 4.06. The quantitative estimate of drug-likeness (QED) is 0.651. The van der Waals surface area contributed by atoms with Crippen LogP contribution in [0.5, 0.6) is 0 Å². The molecule has 0 aliphatic carbocycles. The van der Waals surface area contributed by atoms with E-state index in [9.17, 15) is 0 Å². The van der Waals surface area contributed by atoms with Crippen molar-refractivity contribution in [1.82, 2.24) is 4.98 Å². The molecule has 0 saturated heterocycles. The maximum absolute atomic E-state index is 5.64. The average molecular weight is 214 g/mol. The maximum Gasteiger partial charge on any atom is 0.0813 e. The van der Waals surface area contributed by atoms with Gasteiger partial charge in [-0.1, -0.05) is 13.8 Å². The summed E-state index contributed by atoms with van der Waals surface area (Å²) in [5.41, 5.74) is 1.99. The number of fused-ring (bicyclic) bond motifs is 1. The molecular formula is C10H12ClNS. The Bertz CT molecular complexity index is 370. The fourth-order valence-electron chi connectivity index (χ4n) is 0.970. The zero-order chi connectivity index (χ0) is 9.68. The lowest BCUT2D eigenvalue weighted by Gasteiger charge is -1.92. The Morgan fingerprint density at radius 1 is 1.31 bits per heavy atom. The second-order valence-corrected chi connectivity index (χ2v) is 3.46. The van der Waals surface area contributed by atoms with Crippen molar-refractivity contribution in [2.45, 2.75) is 19.7 Å². The first kappa shape index (κ1) is 10.5. The maximum atomic E-state index is 5.64. The molecule has 3 heteroatoms. The van der Waals surface area contributed by atoms with Crippen molar-refractivity contribution in [3.05, 3.63) is 29.3 Å². The molecular weight excluding hydrogens is 202 g/mol. The second kappa shape index (κ2) is 5.20. The van der Waals surface area contributed by atoms with Crippen LogP contribution in [0.1, 0.15) is 19.5 Å². The van der Waals surface area contributed by atoms with E-state index in [1.807, 2.05) is 31.4 Å². The molecule has 1 nitrogen and oxygen atoms in total. The SMILES string of the molecule is CC.ClCc1ccc2sccc2n1. The van der Waals surface area contributed by atoms with Gasteiger partial charge in [0.1, 0.15) is 0 Å². The van der Waals surface area contributed by atoms with E-state index in [1.165, 1.54) is 4.70 Å². The van der Waals surface area contributed by atoms with Crippen LogP contribution in [-0.4, -0.2) is 4.98 Å². The molecule has 0 N–H and O–H groups in total. The fourth-order valence-corrected chi connectivity index (χ4v) is 1.84. The minimum atomic E-state index is 0.492. The molecule has 0 unspecified atom stereocenters. The molecule has 2 aromatic rings. The van der Waals surface area contributed by atoms with Gasteiger partial charge in [0.25, 0.3) is 0 Å². The topological polar surface area (TPSA) is 12.9 Å².